The number of hydrogen-bond acceptors (Lipinski definition) is 7. The van der Waals surface area contributed by atoms with Crippen LogP contribution in [0.25, 0.3) is 0 Å². The molecule has 2 N–H and O–H groups in total. The van der Waals surface area contributed by atoms with Crippen molar-refractivity contribution in [1.82, 2.24) is 0 Å². The van der Waals surface area contributed by atoms with Gasteiger partial charge in [0.1, 0.15) is 0 Å². The average molecular weight is 401 g/mol. The lowest BCUT2D eigenvalue weighted by molar-refractivity contribution is -0.385. The van der Waals surface area contributed by atoms with E-state index < -0.39 is 29.5 Å². The second-order valence-electron chi connectivity index (χ2n) is 5.81. The Morgan fingerprint density at radius 3 is 2.45 bits per heavy atom. The molecule has 0 saturated carbocycles. The third-order valence-corrected chi connectivity index (χ3v) is 3.64. The summed E-state index contributed by atoms with van der Waals surface area (Å²) < 4.78 is 9.69. The molecule has 2 amide bonds. The van der Waals surface area contributed by atoms with Gasteiger partial charge in [-0.1, -0.05) is 12.1 Å². The lowest BCUT2D eigenvalue weighted by atomic mass is 10.2. The molecule has 0 aliphatic heterocycles. The number of nitro groups is 1. The monoisotopic (exact) mass is 401 g/mol. The van der Waals surface area contributed by atoms with Crippen molar-refractivity contribution in [2.24, 2.45) is 0 Å². The Kier molecular flexibility index (Phi) is 7.24. The van der Waals surface area contributed by atoms with Crippen LogP contribution in [0, 0.1) is 17.0 Å². The standard InChI is InChI=1S/C19H19N3O7/c1-3-28-19(25)21-14-6-4-5-13(9-14)18(24)29-11-17(23)20-15-8-7-12(2)16(10-15)22(26)27/h4-10H,3,11H2,1-2H3,(H,20,23)(H,21,25). The number of anilines is 2. The zero-order valence-electron chi connectivity index (χ0n) is 15.8. The van der Waals surface area contributed by atoms with E-state index in [2.05, 4.69) is 10.6 Å². The van der Waals surface area contributed by atoms with Crippen LogP contribution in [0.15, 0.2) is 42.5 Å². The molecule has 0 spiro atoms. The van der Waals surface area contributed by atoms with E-state index in [1.54, 1.807) is 19.9 Å². The van der Waals surface area contributed by atoms with E-state index >= 15 is 0 Å². The SMILES string of the molecule is CCOC(=O)Nc1cccc(C(=O)OCC(=O)Nc2ccc(C)c([N+](=O)[O-])c2)c1. The topological polar surface area (TPSA) is 137 Å². The van der Waals surface area contributed by atoms with Crippen molar-refractivity contribution in [2.75, 3.05) is 23.8 Å². The Bertz CT molecular complexity index is 943. The number of ether oxygens (including phenoxy) is 2. The van der Waals surface area contributed by atoms with Crippen LogP contribution in [-0.2, 0) is 14.3 Å². The number of hydrogen-bond donors (Lipinski definition) is 2. The van der Waals surface area contributed by atoms with Crippen LogP contribution in [0.1, 0.15) is 22.8 Å². The first-order chi connectivity index (χ1) is 13.8. The van der Waals surface area contributed by atoms with Gasteiger partial charge in [0.15, 0.2) is 6.61 Å². The number of carbonyl (C=O) groups excluding carboxylic acids is 3. The van der Waals surface area contributed by atoms with E-state index in [1.165, 1.54) is 36.4 Å². The van der Waals surface area contributed by atoms with Crippen LogP contribution < -0.4 is 10.6 Å². The number of carbonyl (C=O) groups is 3. The molecule has 0 aliphatic carbocycles. The normalized spacial score (nSPS) is 10.0. The smallest absolute Gasteiger partial charge is 0.411 e. The number of esters is 1. The summed E-state index contributed by atoms with van der Waals surface area (Å²) in [7, 11) is 0. The predicted molar refractivity (Wildman–Crippen MR) is 104 cm³/mol. The van der Waals surface area contributed by atoms with Crippen molar-refractivity contribution in [2.45, 2.75) is 13.8 Å². The van der Waals surface area contributed by atoms with Gasteiger partial charge in [-0.25, -0.2) is 9.59 Å². The maximum atomic E-state index is 12.1. The summed E-state index contributed by atoms with van der Waals surface area (Å²) in [5.41, 5.74) is 0.984. The van der Waals surface area contributed by atoms with E-state index in [0.29, 0.717) is 11.3 Å². The fourth-order valence-corrected chi connectivity index (χ4v) is 2.30. The highest BCUT2D eigenvalue weighted by molar-refractivity contribution is 5.96. The largest absolute Gasteiger partial charge is 0.452 e. The number of amides is 2. The molecule has 0 atom stereocenters. The highest BCUT2D eigenvalue weighted by Crippen LogP contribution is 2.22. The Balaban J connectivity index is 1.93. The summed E-state index contributed by atoms with van der Waals surface area (Å²) in [4.78, 5) is 45.9. The maximum absolute atomic E-state index is 12.1. The summed E-state index contributed by atoms with van der Waals surface area (Å²) in [6, 6.07) is 10.2. The van der Waals surface area contributed by atoms with Gasteiger partial charge in [-0.2, -0.15) is 0 Å². The summed E-state index contributed by atoms with van der Waals surface area (Å²) >= 11 is 0. The van der Waals surface area contributed by atoms with Crippen molar-refractivity contribution in [3.05, 3.63) is 63.7 Å². The second kappa shape index (κ2) is 9.83. The predicted octanol–water partition coefficient (Wildman–Crippen LogP) is 3.27. The minimum Gasteiger partial charge on any atom is -0.452 e. The molecule has 2 rings (SSSR count). The van der Waals surface area contributed by atoms with Gasteiger partial charge in [0.25, 0.3) is 11.6 Å². The van der Waals surface area contributed by atoms with Gasteiger partial charge in [-0.05, 0) is 38.1 Å². The zero-order chi connectivity index (χ0) is 21.4. The average Bonchev–Trinajstić information content (AvgIpc) is 2.67. The lowest BCUT2D eigenvalue weighted by Gasteiger charge is -2.09. The zero-order valence-corrected chi connectivity index (χ0v) is 15.8. The molecule has 0 radical (unpaired) electrons. The fourth-order valence-electron chi connectivity index (χ4n) is 2.30. The highest BCUT2D eigenvalue weighted by Gasteiger charge is 2.14. The number of rotatable bonds is 7. The van der Waals surface area contributed by atoms with E-state index in [0.717, 1.165) is 0 Å². The van der Waals surface area contributed by atoms with Gasteiger partial charge in [0.2, 0.25) is 0 Å². The molecule has 0 bridgehead atoms. The van der Waals surface area contributed by atoms with Crippen LogP contribution in [-0.4, -0.2) is 36.1 Å². The Morgan fingerprint density at radius 2 is 1.76 bits per heavy atom. The number of aryl methyl sites for hydroxylation is 1. The fraction of sp³-hybridized carbons (Fsp3) is 0.211. The first kappa shape index (κ1) is 21.4. The summed E-state index contributed by atoms with van der Waals surface area (Å²) in [5, 5.41) is 15.8. The van der Waals surface area contributed by atoms with Gasteiger partial charge in [0.05, 0.1) is 17.1 Å². The molecule has 0 aromatic heterocycles. The number of nitro benzene ring substituents is 1. The number of nitrogens with one attached hydrogen (secondary N) is 2. The third-order valence-electron chi connectivity index (χ3n) is 3.64. The molecule has 29 heavy (non-hydrogen) atoms. The molecule has 0 saturated heterocycles. The second-order valence-corrected chi connectivity index (χ2v) is 5.81. The van der Waals surface area contributed by atoms with Crippen molar-refractivity contribution in [3.63, 3.8) is 0 Å². The molecule has 0 unspecified atom stereocenters. The van der Waals surface area contributed by atoms with Crippen LogP contribution in [0.5, 0.6) is 0 Å². The first-order valence-corrected chi connectivity index (χ1v) is 8.56. The highest BCUT2D eigenvalue weighted by atomic mass is 16.6. The molecule has 10 nitrogen and oxygen atoms in total. The van der Waals surface area contributed by atoms with Crippen LogP contribution in [0.2, 0.25) is 0 Å². The molecule has 152 valence electrons. The van der Waals surface area contributed by atoms with Crippen LogP contribution in [0.3, 0.4) is 0 Å². The van der Waals surface area contributed by atoms with Gasteiger partial charge in [-0.3, -0.25) is 20.2 Å². The lowest BCUT2D eigenvalue weighted by Crippen LogP contribution is -2.21. The van der Waals surface area contributed by atoms with Gasteiger partial charge >= 0.3 is 12.1 Å². The molecular formula is C19H19N3O7. The molecule has 2 aromatic rings. The Hall–Kier alpha value is -3.95. The van der Waals surface area contributed by atoms with Crippen LogP contribution in [0.4, 0.5) is 21.9 Å². The minimum atomic E-state index is -0.775. The van der Waals surface area contributed by atoms with Crippen molar-refractivity contribution >= 4 is 35.0 Å². The molecule has 0 heterocycles. The maximum Gasteiger partial charge on any atom is 0.411 e. The van der Waals surface area contributed by atoms with Crippen molar-refractivity contribution in [3.8, 4) is 0 Å². The van der Waals surface area contributed by atoms with Gasteiger partial charge < -0.3 is 14.8 Å². The molecule has 0 fully saturated rings. The summed E-state index contributed by atoms with van der Waals surface area (Å²) in [6.45, 7) is 2.85. The van der Waals surface area contributed by atoms with Crippen molar-refractivity contribution < 1.29 is 28.8 Å². The minimum absolute atomic E-state index is 0.123. The van der Waals surface area contributed by atoms with E-state index in [4.69, 9.17) is 9.47 Å². The molecular weight excluding hydrogens is 382 g/mol. The third kappa shape index (κ3) is 6.31. The van der Waals surface area contributed by atoms with E-state index in [1.807, 2.05) is 0 Å². The Morgan fingerprint density at radius 1 is 1.03 bits per heavy atom. The molecule has 0 aliphatic rings. The number of benzene rings is 2. The summed E-state index contributed by atoms with van der Waals surface area (Å²) in [5.74, 6) is -1.43. The molecule has 10 heteroatoms. The first-order valence-electron chi connectivity index (χ1n) is 8.56. The summed E-state index contributed by atoms with van der Waals surface area (Å²) in [6.07, 6.45) is -0.662. The quantitative estimate of drug-likeness (QED) is 0.413. The van der Waals surface area contributed by atoms with E-state index in [-0.39, 0.29) is 23.5 Å². The van der Waals surface area contributed by atoms with Gasteiger partial charge in [-0.15, -0.1) is 0 Å². The van der Waals surface area contributed by atoms with Crippen molar-refractivity contribution in [1.29, 1.82) is 0 Å². The van der Waals surface area contributed by atoms with Gasteiger partial charge in [0, 0.05) is 23.0 Å². The number of nitrogens with zero attached hydrogens (tertiary/aromatic N) is 1. The van der Waals surface area contributed by atoms with Crippen LogP contribution >= 0.6 is 0 Å². The Labute approximate surface area is 166 Å². The molecule has 2 aromatic carbocycles. The van der Waals surface area contributed by atoms with E-state index in [9.17, 15) is 24.5 Å².